The second kappa shape index (κ2) is 7.94. The van der Waals surface area contributed by atoms with Gasteiger partial charge in [-0.3, -0.25) is 4.79 Å². The number of rotatable bonds is 5. The molecule has 0 spiro atoms. The SMILES string of the molecule is CC(=O)N[C@H]1[C@H](OCc2ccccc2)O[C@@H](C)[C@@H](O)[C@@H]1N=[N+]=[N-]. The van der Waals surface area contributed by atoms with E-state index in [4.69, 9.17) is 15.0 Å². The van der Waals surface area contributed by atoms with Gasteiger partial charge in [0.05, 0.1) is 30.9 Å². The van der Waals surface area contributed by atoms with Gasteiger partial charge in [-0.1, -0.05) is 35.4 Å². The lowest BCUT2D eigenvalue weighted by Gasteiger charge is -2.42. The Morgan fingerprint density at radius 1 is 1.48 bits per heavy atom. The molecular formula is C15H20N4O4. The van der Waals surface area contributed by atoms with Crippen LogP contribution in [-0.4, -0.2) is 41.6 Å². The standard InChI is InChI=1S/C15H20N4O4/c1-9-14(21)12(18-19-16)13(17-10(2)20)15(23-9)22-8-11-6-4-3-5-7-11/h3-7,9,12-15,21H,8H2,1-2H3,(H,17,20)/t9-,12+,13+,14+,15+/m0/s1. The lowest BCUT2D eigenvalue weighted by Crippen LogP contribution is -2.62. The molecule has 1 aromatic carbocycles. The van der Waals surface area contributed by atoms with E-state index in [1.165, 1.54) is 6.92 Å². The quantitative estimate of drug-likeness (QED) is 0.485. The van der Waals surface area contributed by atoms with Gasteiger partial charge in [-0.25, -0.2) is 0 Å². The van der Waals surface area contributed by atoms with E-state index >= 15 is 0 Å². The highest BCUT2D eigenvalue weighted by Crippen LogP contribution is 2.25. The van der Waals surface area contributed by atoms with Crippen LogP contribution in [0.15, 0.2) is 35.4 Å². The first-order valence-electron chi connectivity index (χ1n) is 7.33. The second-order valence-electron chi connectivity index (χ2n) is 5.42. The number of ether oxygens (including phenoxy) is 2. The molecule has 0 unspecified atom stereocenters. The largest absolute Gasteiger partial charge is 0.390 e. The summed E-state index contributed by atoms with van der Waals surface area (Å²) in [6.07, 6.45) is -2.44. The highest BCUT2D eigenvalue weighted by atomic mass is 16.7. The van der Waals surface area contributed by atoms with Gasteiger partial charge >= 0.3 is 0 Å². The number of carbonyl (C=O) groups excluding carboxylic acids is 1. The van der Waals surface area contributed by atoms with Crippen LogP contribution in [0.2, 0.25) is 0 Å². The van der Waals surface area contributed by atoms with Crippen LogP contribution in [0.4, 0.5) is 0 Å². The molecule has 1 heterocycles. The minimum Gasteiger partial charge on any atom is -0.390 e. The zero-order valence-corrected chi connectivity index (χ0v) is 13.0. The van der Waals surface area contributed by atoms with E-state index in [1.807, 2.05) is 30.3 Å². The summed E-state index contributed by atoms with van der Waals surface area (Å²) in [6.45, 7) is 3.27. The Morgan fingerprint density at radius 2 is 2.17 bits per heavy atom. The smallest absolute Gasteiger partial charge is 0.217 e. The molecule has 23 heavy (non-hydrogen) atoms. The van der Waals surface area contributed by atoms with Crippen molar-refractivity contribution in [3.05, 3.63) is 46.3 Å². The molecule has 2 N–H and O–H groups in total. The van der Waals surface area contributed by atoms with E-state index in [0.717, 1.165) is 5.56 Å². The molecule has 0 saturated carbocycles. The fraction of sp³-hybridized carbons (Fsp3) is 0.533. The number of amides is 1. The molecule has 1 fully saturated rings. The normalized spacial score (nSPS) is 30.3. The van der Waals surface area contributed by atoms with Gasteiger partial charge in [0.15, 0.2) is 6.29 Å². The van der Waals surface area contributed by atoms with E-state index < -0.39 is 30.6 Å². The summed E-state index contributed by atoms with van der Waals surface area (Å²) in [6, 6.07) is 7.85. The van der Waals surface area contributed by atoms with Crippen LogP contribution in [0.25, 0.3) is 10.4 Å². The number of carbonyl (C=O) groups is 1. The third kappa shape index (κ3) is 4.43. The number of nitrogens with one attached hydrogen (secondary N) is 1. The first kappa shape index (κ1) is 17.2. The maximum atomic E-state index is 11.4. The van der Waals surface area contributed by atoms with Crippen molar-refractivity contribution in [2.75, 3.05) is 0 Å². The number of hydrogen-bond acceptors (Lipinski definition) is 5. The van der Waals surface area contributed by atoms with Crippen LogP contribution in [-0.2, 0) is 20.9 Å². The van der Waals surface area contributed by atoms with Crippen molar-refractivity contribution in [3.63, 3.8) is 0 Å². The summed E-state index contributed by atoms with van der Waals surface area (Å²) in [7, 11) is 0. The van der Waals surface area contributed by atoms with E-state index in [-0.39, 0.29) is 12.5 Å². The average Bonchev–Trinajstić information content (AvgIpc) is 2.53. The van der Waals surface area contributed by atoms with Crippen molar-refractivity contribution in [2.24, 2.45) is 5.11 Å². The Balaban J connectivity index is 2.15. The molecule has 124 valence electrons. The highest BCUT2D eigenvalue weighted by molar-refractivity contribution is 5.73. The lowest BCUT2D eigenvalue weighted by atomic mass is 9.95. The molecule has 1 aromatic rings. The maximum Gasteiger partial charge on any atom is 0.217 e. The molecule has 1 aliphatic rings. The van der Waals surface area contributed by atoms with E-state index in [0.29, 0.717) is 0 Å². The molecule has 0 radical (unpaired) electrons. The maximum absolute atomic E-state index is 11.4. The first-order chi connectivity index (χ1) is 11.0. The molecule has 1 saturated heterocycles. The minimum atomic E-state index is -1.03. The monoisotopic (exact) mass is 320 g/mol. The molecule has 1 aliphatic heterocycles. The zero-order valence-electron chi connectivity index (χ0n) is 13.0. The van der Waals surface area contributed by atoms with Crippen LogP contribution in [0.1, 0.15) is 19.4 Å². The Labute approximate surface area is 134 Å². The molecular weight excluding hydrogens is 300 g/mol. The summed E-state index contributed by atoms with van der Waals surface area (Å²) >= 11 is 0. The number of aliphatic hydroxyl groups excluding tert-OH is 1. The topological polar surface area (TPSA) is 117 Å². The Bertz CT molecular complexity index is 576. The summed E-state index contributed by atoms with van der Waals surface area (Å²) in [4.78, 5) is 14.2. The molecule has 0 aliphatic carbocycles. The number of benzene rings is 1. The first-order valence-corrected chi connectivity index (χ1v) is 7.33. The fourth-order valence-electron chi connectivity index (χ4n) is 2.51. The molecule has 0 bridgehead atoms. The van der Waals surface area contributed by atoms with Crippen molar-refractivity contribution in [2.45, 2.75) is 51.0 Å². The Hall–Kier alpha value is -2.12. The van der Waals surface area contributed by atoms with Crippen molar-refractivity contribution in [3.8, 4) is 0 Å². The zero-order chi connectivity index (χ0) is 16.8. The van der Waals surface area contributed by atoms with Gasteiger partial charge < -0.3 is 19.9 Å². The summed E-state index contributed by atoms with van der Waals surface area (Å²) < 4.78 is 11.4. The molecule has 0 aromatic heterocycles. The van der Waals surface area contributed by atoms with Crippen LogP contribution in [0.3, 0.4) is 0 Å². The van der Waals surface area contributed by atoms with Gasteiger partial charge in [0.25, 0.3) is 0 Å². The molecule has 8 heteroatoms. The van der Waals surface area contributed by atoms with Crippen molar-refractivity contribution in [1.82, 2.24) is 5.32 Å². The summed E-state index contributed by atoms with van der Waals surface area (Å²) in [5.74, 6) is -0.327. The Morgan fingerprint density at radius 3 is 2.78 bits per heavy atom. The van der Waals surface area contributed by atoms with Gasteiger partial charge in [-0.2, -0.15) is 0 Å². The van der Waals surface area contributed by atoms with Gasteiger partial charge in [0.2, 0.25) is 5.91 Å². The average molecular weight is 320 g/mol. The van der Waals surface area contributed by atoms with E-state index in [1.54, 1.807) is 6.92 Å². The summed E-state index contributed by atoms with van der Waals surface area (Å²) in [5, 5.41) is 16.4. The molecule has 5 atom stereocenters. The molecule has 2 rings (SSSR count). The van der Waals surface area contributed by atoms with Gasteiger partial charge in [0, 0.05) is 11.8 Å². The van der Waals surface area contributed by atoms with Crippen LogP contribution in [0.5, 0.6) is 0 Å². The molecule has 8 nitrogen and oxygen atoms in total. The minimum absolute atomic E-state index is 0.271. The third-order valence-corrected chi connectivity index (χ3v) is 3.65. The number of hydrogen-bond donors (Lipinski definition) is 2. The number of aliphatic hydroxyl groups is 1. The predicted octanol–water partition coefficient (Wildman–Crippen LogP) is 1.49. The van der Waals surface area contributed by atoms with Crippen LogP contribution < -0.4 is 5.32 Å². The van der Waals surface area contributed by atoms with Gasteiger partial charge in [-0.15, -0.1) is 0 Å². The third-order valence-electron chi connectivity index (χ3n) is 3.65. The van der Waals surface area contributed by atoms with Crippen LogP contribution in [0, 0.1) is 0 Å². The van der Waals surface area contributed by atoms with Crippen molar-refractivity contribution >= 4 is 5.91 Å². The number of nitrogens with zero attached hydrogens (tertiary/aromatic N) is 3. The second-order valence-corrected chi connectivity index (χ2v) is 5.42. The van der Waals surface area contributed by atoms with Crippen molar-refractivity contribution in [1.29, 1.82) is 0 Å². The fourth-order valence-corrected chi connectivity index (χ4v) is 2.51. The Kier molecular flexibility index (Phi) is 5.95. The highest BCUT2D eigenvalue weighted by Gasteiger charge is 2.44. The van der Waals surface area contributed by atoms with E-state index in [9.17, 15) is 9.90 Å². The van der Waals surface area contributed by atoms with Crippen molar-refractivity contribution < 1.29 is 19.4 Å². The van der Waals surface area contributed by atoms with E-state index in [2.05, 4.69) is 15.3 Å². The predicted molar refractivity (Wildman–Crippen MR) is 82.1 cm³/mol. The number of azide groups is 1. The molecule has 1 amide bonds. The summed E-state index contributed by atoms with van der Waals surface area (Å²) in [5.41, 5.74) is 9.66. The van der Waals surface area contributed by atoms with Crippen LogP contribution >= 0.6 is 0 Å². The van der Waals surface area contributed by atoms with Gasteiger partial charge in [-0.05, 0) is 18.0 Å². The van der Waals surface area contributed by atoms with Gasteiger partial charge in [0.1, 0.15) is 0 Å². The lowest BCUT2D eigenvalue weighted by molar-refractivity contribution is -0.240.